The normalized spacial score (nSPS) is 14.1. The van der Waals surface area contributed by atoms with Gasteiger partial charge in [0.1, 0.15) is 5.76 Å². The first-order valence-corrected chi connectivity index (χ1v) is 10.4. The number of amides is 2. The van der Waals surface area contributed by atoms with Gasteiger partial charge in [0, 0.05) is 5.39 Å². The van der Waals surface area contributed by atoms with Crippen molar-refractivity contribution in [1.29, 1.82) is 0 Å². The fourth-order valence-electron chi connectivity index (χ4n) is 3.77. The van der Waals surface area contributed by atoms with E-state index in [1.807, 2.05) is 47.8 Å². The number of ether oxygens (including phenoxy) is 2. The minimum atomic E-state index is -0.881. The number of imide groups is 1. The molecule has 4 rings (SSSR count). The van der Waals surface area contributed by atoms with E-state index in [9.17, 15) is 14.4 Å². The molecule has 2 aromatic heterocycles. The van der Waals surface area contributed by atoms with Crippen molar-refractivity contribution in [3.63, 3.8) is 0 Å². The molecule has 32 heavy (non-hydrogen) atoms. The zero-order chi connectivity index (χ0) is 22.5. The van der Waals surface area contributed by atoms with Crippen LogP contribution in [0.15, 0.2) is 47.1 Å². The summed E-state index contributed by atoms with van der Waals surface area (Å²) in [4.78, 5) is 41.2. The largest absolute Gasteiger partial charge is 0.465 e. The number of benzene rings is 1. The van der Waals surface area contributed by atoms with Crippen LogP contribution in [0.4, 0.5) is 4.79 Å². The first-order valence-electron chi connectivity index (χ1n) is 10.4. The van der Waals surface area contributed by atoms with Crippen molar-refractivity contribution >= 4 is 40.5 Å². The van der Waals surface area contributed by atoms with Crippen molar-refractivity contribution in [2.75, 3.05) is 13.2 Å². The third-order valence-electron chi connectivity index (χ3n) is 5.09. The summed E-state index contributed by atoms with van der Waals surface area (Å²) in [6.45, 7) is 1.15. The average Bonchev–Trinajstić information content (AvgIpc) is 3.29. The average molecular weight is 434 g/mol. The number of esters is 1. The summed E-state index contributed by atoms with van der Waals surface area (Å²) in [5.74, 6) is -0.692. The van der Waals surface area contributed by atoms with E-state index in [1.165, 1.54) is 0 Å². The van der Waals surface area contributed by atoms with Gasteiger partial charge in [-0.25, -0.2) is 14.6 Å². The van der Waals surface area contributed by atoms with Gasteiger partial charge in [-0.3, -0.25) is 10.1 Å². The van der Waals surface area contributed by atoms with Gasteiger partial charge in [0.2, 0.25) is 0 Å². The van der Waals surface area contributed by atoms with Gasteiger partial charge >= 0.3 is 12.1 Å². The molecule has 1 aromatic carbocycles. The Morgan fingerprint density at radius 1 is 1.12 bits per heavy atom. The molecule has 0 saturated heterocycles. The van der Waals surface area contributed by atoms with Crippen molar-refractivity contribution in [1.82, 2.24) is 10.3 Å². The Labute approximate surface area is 184 Å². The Kier molecular flexibility index (Phi) is 6.30. The predicted octanol–water partition coefficient (Wildman–Crippen LogP) is 4.13. The summed E-state index contributed by atoms with van der Waals surface area (Å²) in [6.07, 6.45) is 4.95. The van der Waals surface area contributed by atoms with Gasteiger partial charge in [-0.05, 0) is 61.6 Å². The monoisotopic (exact) mass is 434 g/mol. The van der Waals surface area contributed by atoms with Gasteiger partial charge in [-0.2, -0.15) is 0 Å². The second-order valence-electron chi connectivity index (χ2n) is 7.21. The van der Waals surface area contributed by atoms with E-state index in [0.717, 1.165) is 29.7 Å². The molecule has 0 spiro atoms. The third-order valence-corrected chi connectivity index (χ3v) is 5.09. The number of allylic oxidation sites excluding steroid dienone is 1. The van der Waals surface area contributed by atoms with Crippen LogP contribution < -0.4 is 5.32 Å². The highest BCUT2D eigenvalue weighted by Gasteiger charge is 2.26. The van der Waals surface area contributed by atoms with Crippen LogP contribution in [-0.2, 0) is 20.7 Å². The SMILES string of the molecule is CCOC(=O)NC(=O)COC(=O)c1c2c(nc3ccccc13)C(=Cc1ccco1)CCC2. The van der Waals surface area contributed by atoms with E-state index in [-0.39, 0.29) is 6.61 Å². The van der Waals surface area contributed by atoms with Crippen LogP contribution in [0, 0.1) is 0 Å². The minimum absolute atomic E-state index is 0.127. The minimum Gasteiger partial charge on any atom is -0.465 e. The van der Waals surface area contributed by atoms with E-state index in [4.69, 9.17) is 14.1 Å². The van der Waals surface area contributed by atoms with Crippen molar-refractivity contribution in [3.05, 3.63) is 65.2 Å². The Bertz CT molecular complexity index is 1200. The topological polar surface area (TPSA) is 108 Å². The van der Waals surface area contributed by atoms with E-state index in [0.29, 0.717) is 28.6 Å². The number of nitrogens with one attached hydrogen (secondary N) is 1. The number of fused-ring (bicyclic) bond motifs is 2. The molecule has 3 aromatic rings. The van der Waals surface area contributed by atoms with Crippen LogP contribution in [-0.4, -0.2) is 36.2 Å². The van der Waals surface area contributed by atoms with Crippen LogP contribution in [0.25, 0.3) is 22.6 Å². The molecule has 1 aliphatic rings. The lowest BCUT2D eigenvalue weighted by molar-refractivity contribution is -0.123. The number of alkyl carbamates (subject to hydrolysis) is 1. The number of rotatable bonds is 5. The highest BCUT2D eigenvalue weighted by molar-refractivity contribution is 6.07. The van der Waals surface area contributed by atoms with E-state index >= 15 is 0 Å². The van der Waals surface area contributed by atoms with Crippen LogP contribution in [0.1, 0.15) is 47.1 Å². The predicted molar refractivity (Wildman–Crippen MR) is 117 cm³/mol. The molecule has 0 bridgehead atoms. The van der Waals surface area contributed by atoms with Gasteiger partial charge in [0.15, 0.2) is 6.61 Å². The maximum absolute atomic E-state index is 13.1. The van der Waals surface area contributed by atoms with E-state index in [1.54, 1.807) is 13.2 Å². The Hall–Kier alpha value is -3.94. The smallest absolute Gasteiger partial charge is 0.413 e. The molecule has 2 heterocycles. The molecule has 8 heteroatoms. The number of carbonyl (C=O) groups is 3. The van der Waals surface area contributed by atoms with Crippen LogP contribution in [0.3, 0.4) is 0 Å². The van der Waals surface area contributed by atoms with Crippen molar-refractivity contribution in [2.45, 2.75) is 26.2 Å². The molecule has 0 saturated carbocycles. The lowest BCUT2D eigenvalue weighted by Gasteiger charge is -2.22. The summed E-state index contributed by atoms with van der Waals surface area (Å²) in [5, 5.41) is 2.66. The molecule has 0 aliphatic heterocycles. The van der Waals surface area contributed by atoms with Crippen molar-refractivity contribution in [3.8, 4) is 0 Å². The van der Waals surface area contributed by atoms with Gasteiger partial charge in [0.25, 0.3) is 5.91 Å². The zero-order valence-electron chi connectivity index (χ0n) is 17.6. The standard InChI is InChI=1S/C24H22N2O6/c1-2-30-24(29)26-20(27)14-32-23(28)21-17-9-3-4-11-19(17)25-22-15(7-5-10-18(21)22)13-16-8-6-12-31-16/h3-4,6,8-9,11-13H,2,5,7,10,14H2,1H3,(H,26,27,29). The Balaban J connectivity index is 1.67. The molecule has 2 amide bonds. The van der Waals surface area contributed by atoms with E-state index in [2.05, 4.69) is 4.74 Å². The molecule has 0 fully saturated rings. The van der Waals surface area contributed by atoms with E-state index < -0.39 is 24.6 Å². The summed E-state index contributed by atoms with van der Waals surface area (Å²) >= 11 is 0. The first kappa shape index (κ1) is 21.3. The molecule has 0 atom stereocenters. The second kappa shape index (κ2) is 9.47. The number of hydrogen-bond acceptors (Lipinski definition) is 7. The molecule has 0 unspecified atom stereocenters. The first-order chi connectivity index (χ1) is 15.6. The number of nitrogens with zero attached hydrogens (tertiary/aromatic N) is 1. The van der Waals surface area contributed by atoms with Crippen LogP contribution in [0.5, 0.6) is 0 Å². The maximum Gasteiger partial charge on any atom is 0.413 e. The molecular weight excluding hydrogens is 412 g/mol. The Morgan fingerprint density at radius 2 is 1.97 bits per heavy atom. The molecule has 0 radical (unpaired) electrons. The van der Waals surface area contributed by atoms with Gasteiger partial charge < -0.3 is 13.9 Å². The fourth-order valence-corrected chi connectivity index (χ4v) is 3.77. The van der Waals surface area contributed by atoms with Crippen molar-refractivity contribution < 1.29 is 28.3 Å². The lowest BCUT2D eigenvalue weighted by atomic mass is 9.86. The molecule has 1 N–H and O–H groups in total. The van der Waals surface area contributed by atoms with Gasteiger partial charge in [0.05, 0.1) is 29.6 Å². The molecule has 8 nitrogen and oxygen atoms in total. The summed E-state index contributed by atoms with van der Waals surface area (Å²) in [6, 6.07) is 11.0. The highest BCUT2D eigenvalue weighted by Crippen LogP contribution is 2.36. The van der Waals surface area contributed by atoms with Crippen LogP contribution >= 0.6 is 0 Å². The van der Waals surface area contributed by atoms with Gasteiger partial charge in [-0.15, -0.1) is 0 Å². The number of aromatic nitrogens is 1. The maximum atomic E-state index is 13.1. The number of carbonyl (C=O) groups excluding carboxylic acids is 3. The highest BCUT2D eigenvalue weighted by atomic mass is 16.6. The summed E-state index contributed by atoms with van der Waals surface area (Å²) in [7, 11) is 0. The molecular formula is C24H22N2O6. The Morgan fingerprint density at radius 3 is 2.75 bits per heavy atom. The number of pyridine rings is 1. The van der Waals surface area contributed by atoms with Gasteiger partial charge in [-0.1, -0.05) is 18.2 Å². The molecule has 1 aliphatic carbocycles. The third kappa shape index (κ3) is 4.54. The summed E-state index contributed by atoms with van der Waals surface area (Å²) in [5.41, 5.74) is 3.53. The van der Waals surface area contributed by atoms with Crippen LogP contribution in [0.2, 0.25) is 0 Å². The lowest BCUT2D eigenvalue weighted by Crippen LogP contribution is -2.34. The second-order valence-corrected chi connectivity index (χ2v) is 7.21. The van der Waals surface area contributed by atoms with Crippen molar-refractivity contribution in [2.24, 2.45) is 0 Å². The molecule has 164 valence electrons. The number of hydrogen-bond donors (Lipinski definition) is 1. The quantitative estimate of drug-likeness (QED) is 0.602. The number of para-hydroxylation sites is 1. The summed E-state index contributed by atoms with van der Waals surface area (Å²) < 4.78 is 15.4. The fraction of sp³-hybridized carbons (Fsp3) is 0.250. The zero-order valence-corrected chi connectivity index (χ0v) is 17.6. The number of furan rings is 1.